The number of nitrogens with zero attached hydrogens (tertiary/aromatic N) is 3. The maximum atomic E-state index is 13.3. The standard InChI is InChI=1S/C22H23N3OS/c1-16-8-5-6-9-17(16)14-20-21(26)25(19-11-3-2-4-12-19)22(27-20)24-18-10-7-13-23-15-18/h5-10,13-15,19H,2-4,11-12H2,1H3/b20-14-,24-22?. The van der Waals surface area contributed by atoms with Gasteiger partial charge in [0.15, 0.2) is 5.17 Å². The molecule has 5 heteroatoms. The quantitative estimate of drug-likeness (QED) is 0.680. The van der Waals surface area contributed by atoms with Crippen molar-refractivity contribution in [1.82, 2.24) is 9.88 Å². The van der Waals surface area contributed by atoms with Crippen molar-refractivity contribution < 1.29 is 4.79 Å². The zero-order valence-electron chi connectivity index (χ0n) is 15.5. The van der Waals surface area contributed by atoms with Crippen LogP contribution in [0.1, 0.15) is 43.2 Å². The number of aryl methyl sites for hydroxylation is 1. The summed E-state index contributed by atoms with van der Waals surface area (Å²) in [5.41, 5.74) is 3.03. The summed E-state index contributed by atoms with van der Waals surface area (Å²) in [6, 6.07) is 12.2. The van der Waals surface area contributed by atoms with Crippen LogP contribution in [-0.4, -0.2) is 27.0 Å². The largest absolute Gasteiger partial charge is 0.283 e. The third-order valence-corrected chi connectivity index (χ3v) is 6.11. The fourth-order valence-corrected chi connectivity index (χ4v) is 4.70. The van der Waals surface area contributed by atoms with Crippen LogP contribution in [-0.2, 0) is 4.79 Å². The van der Waals surface area contributed by atoms with Gasteiger partial charge in [0.05, 0.1) is 16.8 Å². The van der Waals surface area contributed by atoms with Gasteiger partial charge in [0.2, 0.25) is 0 Å². The Balaban J connectivity index is 1.71. The molecule has 2 heterocycles. The van der Waals surface area contributed by atoms with Crippen LogP contribution in [0.15, 0.2) is 58.7 Å². The summed E-state index contributed by atoms with van der Waals surface area (Å²) in [6.45, 7) is 2.07. The SMILES string of the molecule is Cc1ccccc1/C=C1\SC(=Nc2cccnc2)N(C2CCCCC2)C1=O. The molecule has 2 aliphatic rings. The van der Waals surface area contributed by atoms with Crippen LogP contribution in [0.5, 0.6) is 0 Å². The maximum Gasteiger partial charge on any atom is 0.267 e. The Morgan fingerprint density at radius 2 is 1.96 bits per heavy atom. The summed E-state index contributed by atoms with van der Waals surface area (Å²) >= 11 is 1.48. The van der Waals surface area contributed by atoms with E-state index in [0.29, 0.717) is 0 Å². The van der Waals surface area contributed by atoms with E-state index in [0.717, 1.165) is 34.2 Å². The second kappa shape index (κ2) is 8.09. The van der Waals surface area contributed by atoms with Crippen LogP contribution < -0.4 is 0 Å². The molecular weight excluding hydrogens is 354 g/mol. The summed E-state index contributed by atoms with van der Waals surface area (Å²) in [4.78, 5) is 24.8. The molecule has 0 N–H and O–H groups in total. The molecule has 1 aromatic heterocycles. The predicted molar refractivity (Wildman–Crippen MR) is 112 cm³/mol. The van der Waals surface area contributed by atoms with E-state index < -0.39 is 0 Å². The number of amidine groups is 1. The molecule has 1 aliphatic carbocycles. The Morgan fingerprint density at radius 3 is 2.70 bits per heavy atom. The highest BCUT2D eigenvalue weighted by molar-refractivity contribution is 8.18. The molecule has 1 saturated carbocycles. The number of thioether (sulfide) groups is 1. The van der Waals surface area contributed by atoms with Crippen molar-refractivity contribution in [3.63, 3.8) is 0 Å². The first-order chi connectivity index (χ1) is 13.2. The molecule has 1 amide bonds. The van der Waals surface area contributed by atoms with Gasteiger partial charge in [-0.2, -0.15) is 0 Å². The Bertz CT molecular complexity index is 885. The predicted octanol–water partition coefficient (Wildman–Crippen LogP) is 5.33. The zero-order valence-corrected chi connectivity index (χ0v) is 16.3. The van der Waals surface area contributed by atoms with Crippen LogP contribution >= 0.6 is 11.8 Å². The minimum Gasteiger partial charge on any atom is -0.283 e. The molecule has 0 atom stereocenters. The normalized spacial score (nSPS) is 21.4. The van der Waals surface area contributed by atoms with E-state index in [1.807, 2.05) is 35.2 Å². The van der Waals surface area contributed by atoms with Gasteiger partial charge in [-0.25, -0.2) is 4.99 Å². The fraction of sp³-hybridized carbons (Fsp3) is 0.318. The molecule has 1 aliphatic heterocycles. The maximum absolute atomic E-state index is 13.3. The smallest absolute Gasteiger partial charge is 0.267 e. The van der Waals surface area contributed by atoms with Gasteiger partial charge in [-0.05, 0) is 60.9 Å². The molecule has 2 aromatic rings. The van der Waals surface area contributed by atoms with E-state index in [1.165, 1.54) is 36.6 Å². The first-order valence-corrected chi connectivity index (χ1v) is 10.3. The second-order valence-corrected chi connectivity index (χ2v) is 8.05. The second-order valence-electron chi connectivity index (χ2n) is 7.04. The van der Waals surface area contributed by atoms with E-state index >= 15 is 0 Å². The first kappa shape index (κ1) is 18.0. The number of amides is 1. The molecule has 1 aromatic carbocycles. The number of aliphatic imine (C=N–C) groups is 1. The number of carbonyl (C=O) groups is 1. The summed E-state index contributed by atoms with van der Waals surface area (Å²) < 4.78 is 0. The number of carbonyl (C=O) groups excluding carboxylic acids is 1. The summed E-state index contributed by atoms with van der Waals surface area (Å²) in [5.74, 6) is 0.0813. The van der Waals surface area contributed by atoms with Crippen molar-refractivity contribution in [1.29, 1.82) is 0 Å². The van der Waals surface area contributed by atoms with Crippen LogP contribution in [0.3, 0.4) is 0 Å². The highest BCUT2D eigenvalue weighted by Gasteiger charge is 2.38. The van der Waals surface area contributed by atoms with E-state index in [-0.39, 0.29) is 11.9 Å². The van der Waals surface area contributed by atoms with Crippen molar-refractivity contribution in [2.75, 3.05) is 0 Å². The number of aromatic nitrogens is 1. The lowest BCUT2D eigenvalue weighted by molar-refractivity contribution is -0.124. The molecule has 138 valence electrons. The van der Waals surface area contributed by atoms with Crippen molar-refractivity contribution in [3.8, 4) is 0 Å². The van der Waals surface area contributed by atoms with E-state index in [1.54, 1.807) is 12.4 Å². The van der Waals surface area contributed by atoms with Crippen LogP contribution in [0, 0.1) is 6.92 Å². The third kappa shape index (κ3) is 3.98. The summed E-state index contributed by atoms with van der Waals surface area (Å²) in [5, 5.41) is 0.778. The lowest BCUT2D eigenvalue weighted by Crippen LogP contribution is -2.40. The van der Waals surface area contributed by atoms with Crippen molar-refractivity contribution in [2.24, 2.45) is 4.99 Å². The van der Waals surface area contributed by atoms with E-state index in [9.17, 15) is 4.79 Å². The summed E-state index contributed by atoms with van der Waals surface area (Å²) in [6.07, 6.45) is 11.2. The van der Waals surface area contributed by atoms with E-state index in [2.05, 4.69) is 24.0 Å². The van der Waals surface area contributed by atoms with Crippen molar-refractivity contribution in [3.05, 3.63) is 64.8 Å². The van der Waals surface area contributed by atoms with Crippen molar-refractivity contribution in [2.45, 2.75) is 45.1 Å². The topological polar surface area (TPSA) is 45.6 Å². The number of hydrogen-bond donors (Lipinski definition) is 0. The lowest BCUT2D eigenvalue weighted by Gasteiger charge is -2.30. The fourth-order valence-electron chi connectivity index (χ4n) is 3.65. The monoisotopic (exact) mass is 377 g/mol. The number of rotatable bonds is 3. The zero-order chi connectivity index (χ0) is 18.6. The molecule has 0 spiro atoms. The van der Waals surface area contributed by atoms with Gasteiger partial charge in [0, 0.05) is 12.2 Å². The van der Waals surface area contributed by atoms with Gasteiger partial charge < -0.3 is 0 Å². The molecular formula is C22H23N3OS. The molecule has 0 bridgehead atoms. The van der Waals surface area contributed by atoms with Crippen molar-refractivity contribution >= 4 is 34.6 Å². The lowest BCUT2D eigenvalue weighted by atomic mass is 9.94. The highest BCUT2D eigenvalue weighted by atomic mass is 32.2. The number of hydrogen-bond acceptors (Lipinski definition) is 4. The third-order valence-electron chi connectivity index (χ3n) is 5.12. The molecule has 1 saturated heterocycles. The van der Waals surface area contributed by atoms with Gasteiger partial charge in [-0.3, -0.25) is 14.7 Å². The van der Waals surface area contributed by atoms with Gasteiger partial charge in [0.1, 0.15) is 0 Å². The van der Waals surface area contributed by atoms with Gasteiger partial charge in [-0.15, -0.1) is 0 Å². The van der Waals surface area contributed by atoms with Gasteiger partial charge in [0.25, 0.3) is 5.91 Å². The Hall–Kier alpha value is -2.40. The van der Waals surface area contributed by atoms with Gasteiger partial charge >= 0.3 is 0 Å². The summed E-state index contributed by atoms with van der Waals surface area (Å²) in [7, 11) is 0. The Morgan fingerprint density at radius 1 is 1.15 bits per heavy atom. The molecule has 2 fully saturated rings. The Kier molecular flexibility index (Phi) is 5.39. The average molecular weight is 378 g/mol. The van der Waals surface area contributed by atoms with Crippen LogP contribution in [0.4, 0.5) is 5.69 Å². The molecule has 4 nitrogen and oxygen atoms in total. The number of benzene rings is 1. The minimum atomic E-state index is 0.0813. The van der Waals surface area contributed by atoms with Gasteiger partial charge in [-0.1, -0.05) is 43.5 Å². The highest BCUT2D eigenvalue weighted by Crippen LogP contribution is 2.38. The molecule has 0 radical (unpaired) electrons. The van der Waals surface area contributed by atoms with Crippen LogP contribution in [0.2, 0.25) is 0 Å². The Labute approximate surface area is 164 Å². The van der Waals surface area contributed by atoms with Crippen LogP contribution in [0.25, 0.3) is 6.08 Å². The molecule has 27 heavy (non-hydrogen) atoms. The van der Waals surface area contributed by atoms with E-state index in [4.69, 9.17) is 4.99 Å². The first-order valence-electron chi connectivity index (χ1n) is 9.50. The minimum absolute atomic E-state index is 0.0813. The number of pyridine rings is 1. The average Bonchev–Trinajstić information content (AvgIpc) is 3.00. The molecule has 4 rings (SSSR count). The molecule has 0 unspecified atom stereocenters.